The quantitative estimate of drug-likeness (QED) is 0.240. The van der Waals surface area contributed by atoms with Crippen LogP contribution in [0.2, 0.25) is 0 Å². The number of rotatable bonds is 10. The Labute approximate surface area is 208 Å². The van der Waals surface area contributed by atoms with E-state index in [9.17, 15) is 18.6 Å². The molecule has 4 rings (SSSR count). The molecule has 0 aliphatic heterocycles. The molecule has 8 nitrogen and oxygen atoms in total. The molecule has 10 heteroatoms. The van der Waals surface area contributed by atoms with Gasteiger partial charge in [0.05, 0.1) is 18.7 Å². The van der Waals surface area contributed by atoms with Crippen molar-refractivity contribution in [1.29, 1.82) is 0 Å². The summed E-state index contributed by atoms with van der Waals surface area (Å²) in [5, 5.41) is 27.5. The molecule has 0 saturated carbocycles. The molecular weight excluding hydrogens is 486 g/mol. The highest BCUT2D eigenvalue weighted by Gasteiger charge is 2.25. The third kappa shape index (κ3) is 5.68. The molecule has 2 aromatic carbocycles. The molecule has 4 aromatic rings. The molecule has 186 valence electrons. The third-order valence-corrected chi connectivity index (χ3v) is 8.54. The van der Waals surface area contributed by atoms with Crippen LogP contribution in [0.15, 0.2) is 70.4 Å². The number of fused-ring (bicyclic) bond motifs is 1. The van der Waals surface area contributed by atoms with Crippen molar-refractivity contribution >= 4 is 38.0 Å². The van der Waals surface area contributed by atoms with Crippen LogP contribution in [0.5, 0.6) is 5.75 Å². The first-order valence-corrected chi connectivity index (χ1v) is 13.4. The van der Waals surface area contributed by atoms with Crippen LogP contribution in [0.3, 0.4) is 0 Å². The van der Waals surface area contributed by atoms with Crippen molar-refractivity contribution in [3.63, 3.8) is 0 Å². The Kier molecular flexibility index (Phi) is 7.20. The van der Waals surface area contributed by atoms with E-state index >= 15 is 0 Å². The van der Waals surface area contributed by atoms with Gasteiger partial charge in [0.15, 0.2) is 0 Å². The molecule has 0 aliphatic carbocycles. The predicted molar refractivity (Wildman–Crippen MR) is 138 cm³/mol. The van der Waals surface area contributed by atoms with Gasteiger partial charge in [-0.3, -0.25) is 10.0 Å². The minimum Gasteiger partial charge on any atom is -0.495 e. The first kappa shape index (κ1) is 25.2. The maximum Gasteiger partial charge on any atom is 0.271 e. The van der Waals surface area contributed by atoms with E-state index < -0.39 is 21.9 Å². The molecule has 0 radical (unpaired) electrons. The van der Waals surface area contributed by atoms with Crippen LogP contribution in [0.1, 0.15) is 24.2 Å². The molecule has 2 heterocycles. The Morgan fingerprint density at radius 2 is 1.94 bits per heavy atom. The third-order valence-electron chi connectivity index (χ3n) is 5.76. The van der Waals surface area contributed by atoms with Crippen molar-refractivity contribution < 1.29 is 23.4 Å². The summed E-state index contributed by atoms with van der Waals surface area (Å²) < 4.78 is 35.2. The number of para-hydroxylation sites is 1. The van der Waals surface area contributed by atoms with E-state index in [0.717, 1.165) is 33.6 Å². The summed E-state index contributed by atoms with van der Waals surface area (Å²) >= 11 is 1.13. The number of sulfonamides is 1. The molecule has 35 heavy (non-hydrogen) atoms. The lowest BCUT2D eigenvalue weighted by molar-refractivity contribution is 0.0112. The molecule has 0 amide bonds. The SMILES string of the molecule is COc1cccc2c(C[C@](C)(O)NC[C@H](O)c3cccc(NS(=O)(=O)c4cccs4)c3)cn(C)c12. The van der Waals surface area contributed by atoms with Gasteiger partial charge in [0, 0.05) is 37.3 Å². The van der Waals surface area contributed by atoms with E-state index in [0.29, 0.717) is 17.7 Å². The second-order valence-corrected chi connectivity index (χ2v) is 11.5. The van der Waals surface area contributed by atoms with Crippen molar-refractivity contribution in [3.8, 4) is 5.75 Å². The van der Waals surface area contributed by atoms with Crippen LogP contribution in [0.25, 0.3) is 10.9 Å². The fourth-order valence-electron chi connectivity index (χ4n) is 4.12. The predicted octanol–water partition coefficient (Wildman–Crippen LogP) is 3.62. The number of ether oxygens (including phenoxy) is 1. The number of aliphatic hydroxyl groups is 2. The van der Waals surface area contributed by atoms with E-state index in [1.54, 1.807) is 49.7 Å². The summed E-state index contributed by atoms with van der Waals surface area (Å²) in [6, 6.07) is 15.6. The number of nitrogens with one attached hydrogen (secondary N) is 2. The Morgan fingerprint density at radius 3 is 2.66 bits per heavy atom. The van der Waals surface area contributed by atoms with Crippen LogP contribution < -0.4 is 14.8 Å². The number of nitrogens with zero attached hydrogens (tertiary/aromatic N) is 1. The molecule has 0 bridgehead atoms. The van der Waals surface area contributed by atoms with Gasteiger partial charge in [0.2, 0.25) is 0 Å². The van der Waals surface area contributed by atoms with Crippen LogP contribution in [-0.4, -0.2) is 42.6 Å². The van der Waals surface area contributed by atoms with E-state index in [2.05, 4.69) is 10.0 Å². The smallest absolute Gasteiger partial charge is 0.271 e. The molecule has 2 atom stereocenters. The highest BCUT2D eigenvalue weighted by molar-refractivity contribution is 7.94. The minimum absolute atomic E-state index is 0.0716. The number of benzene rings is 2. The summed E-state index contributed by atoms with van der Waals surface area (Å²) in [6.45, 7) is 1.73. The molecule has 4 N–H and O–H groups in total. The lowest BCUT2D eigenvalue weighted by Crippen LogP contribution is -2.46. The average Bonchev–Trinajstić information content (AvgIpc) is 3.47. The molecule has 0 spiro atoms. The van der Waals surface area contributed by atoms with Gasteiger partial charge >= 0.3 is 0 Å². The molecule has 0 aliphatic rings. The molecule has 0 fully saturated rings. The maximum atomic E-state index is 12.5. The van der Waals surface area contributed by atoms with Gasteiger partial charge in [0.1, 0.15) is 15.7 Å². The summed E-state index contributed by atoms with van der Waals surface area (Å²) in [6.07, 6.45) is 1.31. The summed E-state index contributed by atoms with van der Waals surface area (Å²) in [7, 11) is -0.125. The fraction of sp³-hybridized carbons (Fsp3) is 0.280. The van der Waals surface area contributed by atoms with Gasteiger partial charge in [-0.25, -0.2) is 8.42 Å². The number of hydrogen-bond donors (Lipinski definition) is 4. The van der Waals surface area contributed by atoms with Crippen LogP contribution >= 0.6 is 11.3 Å². The number of thiophene rings is 1. The highest BCUT2D eigenvalue weighted by Crippen LogP contribution is 2.31. The Bertz CT molecular complexity index is 1410. The van der Waals surface area contributed by atoms with E-state index in [4.69, 9.17) is 4.74 Å². The van der Waals surface area contributed by atoms with E-state index in [-0.39, 0.29) is 10.8 Å². The summed E-state index contributed by atoms with van der Waals surface area (Å²) in [5.74, 6) is 0.758. The van der Waals surface area contributed by atoms with Crippen molar-refractivity contribution in [2.24, 2.45) is 7.05 Å². The zero-order valence-corrected chi connectivity index (χ0v) is 21.4. The molecular formula is C25H29N3O5S2. The standard InChI is InChI=1S/C25H29N3O5S2/c1-25(30,14-18-16-28(2)24-20(18)9-5-10-22(24)33-3)26-15-21(29)17-7-4-8-19(13-17)27-35(31,32)23-11-6-12-34-23/h4-13,16,21,26-27,29-30H,14-15H2,1-3H3/t21-,25-/m0/s1. The van der Waals surface area contributed by atoms with Gasteiger partial charge in [-0.05, 0) is 47.7 Å². The Morgan fingerprint density at radius 1 is 1.17 bits per heavy atom. The normalized spacial score (nSPS) is 14.5. The van der Waals surface area contributed by atoms with Gasteiger partial charge in [-0.15, -0.1) is 11.3 Å². The lowest BCUT2D eigenvalue weighted by atomic mass is 10.0. The maximum absolute atomic E-state index is 12.5. The number of hydrogen-bond acceptors (Lipinski definition) is 7. The van der Waals surface area contributed by atoms with Crippen molar-refractivity contribution in [3.05, 3.63) is 77.3 Å². The zero-order chi connectivity index (χ0) is 25.2. The molecule has 0 unspecified atom stereocenters. The summed E-state index contributed by atoms with van der Waals surface area (Å²) in [5.41, 5.74) is 1.47. The van der Waals surface area contributed by atoms with Gasteiger partial charge in [0.25, 0.3) is 10.0 Å². The van der Waals surface area contributed by atoms with Crippen molar-refractivity contribution in [2.75, 3.05) is 18.4 Å². The molecule has 2 aromatic heterocycles. The van der Waals surface area contributed by atoms with Crippen LogP contribution in [0.4, 0.5) is 5.69 Å². The van der Waals surface area contributed by atoms with Gasteiger partial charge < -0.3 is 19.5 Å². The summed E-state index contributed by atoms with van der Waals surface area (Å²) in [4.78, 5) is 0. The fourth-order valence-corrected chi connectivity index (χ4v) is 6.16. The lowest BCUT2D eigenvalue weighted by Gasteiger charge is -2.26. The average molecular weight is 516 g/mol. The number of methoxy groups -OCH3 is 1. The van der Waals surface area contributed by atoms with Crippen LogP contribution in [-0.2, 0) is 23.5 Å². The zero-order valence-electron chi connectivity index (χ0n) is 19.7. The number of aromatic nitrogens is 1. The second-order valence-electron chi connectivity index (χ2n) is 8.63. The highest BCUT2D eigenvalue weighted by atomic mass is 32.2. The number of anilines is 1. The van der Waals surface area contributed by atoms with Crippen molar-refractivity contribution in [1.82, 2.24) is 9.88 Å². The first-order valence-electron chi connectivity index (χ1n) is 11.0. The Balaban J connectivity index is 1.43. The van der Waals surface area contributed by atoms with E-state index in [1.165, 1.54) is 6.07 Å². The largest absolute Gasteiger partial charge is 0.495 e. The second kappa shape index (κ2) is 10.00. The van der Waals surface area contributed by atoms with Gasteiger partial charge in [-0.2, -0.15) is 0 Å². The van der Waals surface area contributed by atoms with Crippen LogP contribution in [0, 0.1) is 0 Å². The first-order chi connectivity index (χ1) is 16.6. The monoisotopic (exact) mass is 515 g/mol. The van der Waals surface area contributed by atoms with Crippen molar-refractivity contribution in [2.45, 2.75) is 29.4 Å². The minimum atomic E-state index is -3.68. The topological polar surface area (TPSA) is 113 Å². The molecule has 0 saturated heterocycles. The van der Waals surface area contributed by atoms with E-state index in [1.807, 2.05) is 36.0 Å². The van der Waals surface area contributed by atoms with Gasteiger partial charge in [-0.1, -0.05) is 30.3 Å². The number of aryl methyl sites for hydroxylation is 1. The number of aliphatic hydroxyl groups excluding tert-OH is 1. The Hall–Kier alpha value is -2.89.